The Morgan fingerprint density at radius 2 is 2.00 bits per heavy atom. The van der Waals surface area contributed by atoms with Crippen LogP contribution in [0.15, 0.2) is 24.3 Å². The summed E-state index contributed by atoms with van der Waals surface area (Å²) in [5.74, 6) is 0.0618. The molecule has 1 aromatic heterocycles. The lowest BCUT2D eigenvalue weighted by atomic mass is 10.1. The fourth-order valence-electron chi connectivity index (χ4n) is 2.08. The second kappa shape index (κ2) is 6.80. The Morgan fingerprint density at radius 1 is 1.29 bits per heavy atom. The molecule has 2 rings (SSSR count). The molecule has 0 spiro atoms. The molecule has 0 atom stereocenters. The first-order valence-corrected chi connectivity index (χ1v) is 8.07. The van der Waals surface area contributed by atoms with Crippen molar-refractivity contribution in [1.82, 2.24) is 10.2 Å². The molecule has 0 aliphatic heterocycles. The molecule has 1 amide bonds. The molecule has 0 aliphatic rings. The Kier molecular flexibility index (Phi) is 5.07. The van der Waals surface area contributed by atoms with Gasteiger partial charge in [-0.05, 0) is 18.9 Å². The van der Waals surface area contributed by atoms with Crippen molar-refractivity contribution in [2.45, 2.75) is 34.1 Å². The highest BCUT2D eigenvalue weighted by Gasteiger charge is 2.22. The highest BCUT2D eigenvalue weighted by atomic mass is 32.1. The average Bonchev–Trinajstić information content (AvgIpc) is 2.93. The lowest BCUT2D eigenvalue weighted by Crippen LogP contribution is -2.34. The summed E-state index contributed by atoms with van der Waals surface area (Å²) in [4.78, 5) is 14.1. The van der Waals surface area contributed by atoms with E-state index in [2.05, 4.69) is 30.1 Å². The number of rotatable bonds is 5. The van der Waals surface area contributed by atoms with Crippen LogP contribution in [-0.2, 0) is 4.79 Å². The minimum atomic E-state index is -0.0395. The zero-order chi connectivity index (χ0) is 15.4. The predicted octanol–water partition coefficient (Wildman–Crippen LogP) is 3.91. The topological polar surface area (TPSA) is 46.1 Å². The summed E-state index contributed by atoms with van der Waals surface area (Å²) in [5.41, 5.74) is 2.24. The Labute approximate surface area is 129 Å². The summed E-state index contributed by atoms with van der Waals surface area (Å²) in [6, 6.07) is 8.09. The summed E-state index contributed by atoms with van der Waals surface area (Å²) in [5, 5.41) is 10.0. The van der Waals surface area contributed by atoms with Crippen LogP contribution in [0.5, 0.6) is 0 Å². The quantitative estimate of drug-likeness (QED) is 0.841. The molecule has 0 aliphatic carbocycles. The van der Waals surface area contributed by atoms with Crippen molar-refractivity contribution in [3.8, 4) is 10.6 Å². The van der Waals surface area contributed by atoms with Gasteiger partial charge in [-0.1, -0.05) is 56.4 Å². The van der Waals surface area contributed by atoms with Crippen molar-refractivity contribution in [1.29, 1.82) is 0 Å². The van der Waals surface area contributed by atoms with Crippen molar-refractivity contribution < 1.29 is 4.79 Å². The highest BCUT2D eigenvalue weighted by Crippen LogP contribution is 2.31. The van der Waals surface area contributed by atoms with E-state index in [4.69, 9.17) is 0 Å². The Bertz CT molecular complexity index is 621. The number of benzene rings is 1. The van der Waals surface area contributed by atoms with Crippen molar-refractivity contribution in [2.24, 2.45) is 5.92 Å². The van der Waals surface area contributed by atoms with Gasteiger partial charge in [0, 0.05) is 18.0 Å². The molecule has 0 fully saturated rings. The van der Waals surface area contributed by atoms with E-state index in [9.17, 15) is 4.79 Å². The van der Waals surface area contributed by atoms with E-state index >= 15 is 0 Å². The molecule has 0 radical (unpaired) electrons. The molecule has 4 nitrogen and oxygen atoms in total. The number of nitrogens with zero attached hydrogens (tertiary/aromatic N) is 3. The average molecular weight is 303 g/mol. The lowest BCUT2D eigenvalue weighted by molar-refractivity contribution is -0.121. The number of aryl methyl sites for hydroxylation is 1. The van der Waals surface area contributed by atoms with Crippen molar-refractivity contribution in [3.05, 3.63) is 29.8 Å². The maximum Gasteiger partial charge on any atom is 0.231 e. The van der Waals surface area contributed by atoms with Crippen LogP contribution in [-0.4, -0.2) is 22.6 Å². The highest BCUT2D eigenvalue weighted by molar-refractivity contribution is 7.18. The van der Waals surface area contributed by atoms with Crippen molar-refractivity contribution in [2.75, 3.05) is 11.4 Å². The second-order valence-electron chi connectivity index (χ2n) is 5.35. The van der Waals surface area contributed by atoms with Crippen LogP contribution in [0.4, 0.5) is 5.13 Å². The molecule has 0 saturated carbocycles. The van der Waals surface area contributed by atoms with Gasteiger partial charge in [0.25, 0.3) is 0 Å². The molecule has 21 heavy (non-hydrogen) atoms. The van der Waals surface area contributed by atoms with Gasteiger partial charge in [0.15, 0.2) is 0 Å². The molecular weight excluding hydrogens is 282 g/mol. The van der Waals surface area contributed by atoms with E-state index in [0.717, 1.165) is 22.6 Å². The number of carbonyl (C=O) groups is 1. The Balaban J connectivity index is 2.33. The normalized spacial score (nSPS) is 10.9. The molecule has 5 heteroatoms. The summed E-state index contributed by atoms with van der Waals surface area (Å²) in [6.45, 7) is 8.62. The van der Waals surface area contributed by atoms with Gasteiger partial charge in [0.1, 0.15) is 5.01 Å². The van der Waals surface area contributed by atoms with Gasteiger partial charge >= 0.3 is 0 Å². The van der Waals surface area contributed by atoms with Gasteiger partial charge < -0.3 is 0 Å². The van der Waals surface area contributed by atoms with Crippen LogP contribution in [0.25, 0.3) is 10.6 Å². The molecule has 112 valence electrons. The molecule has 0 unspecified atom stereocenters. The molecular formula is C16H21N3OS. The molecule has 0 N–H and O–H groups in total. The zero-order valence-electron chi connectivity index (χ0n) is 13.0. The molecule has 0 bridgehead atoms. The minimum absolute atomic E-state index is 0.0395. The third-order valence-corrected chi connectivity index (χ3v) is 4.21. The van der Waals surface area contributed by atoms with Crippen LogP contribution in [0, 0.1) is 12.8 Å². The van der Waals surface area contributed by atoms with E-state index in [0.29, 0.717) is 11.7 Å². The van der Waals surface area contributed by atoms with Crippen LogP contribution in [0.1, 0.15) is 32.8 Å². The molecule has 1 aromatic carbocycles. The third-order valence-electron chi connectivity index (χ3n) is 3.23. The van der Waals surface area contributed by atoms with E-state index < -0.39 is 0 Å². The van der Waals surface area contributed by atoms with Gasteiger partial charge in [0.2, 0.25) is 11.0 Å². The Hall–Kier alpha value is -1.75. The summed E-state index contributed by atoms with van der Waals surface area (Å²) in [6.07, 6.45) is 0.901. The lowest BCUT2D eigenvalue weighted by Gasteiger charge is -2.20. The maximum atomic E-state index is 12.3. The minimum Gasteiger partial charge on any atom is -0.286 e. The van der Waals surface area contributed by atoms with Crippen LogP contribution in [0.3, 0.4) is 0 Å². The van der Waals surface area contributed by atoms with Crippen molar-refractivity contribution >= 4 is 22.4 Å². The van der Waals surface area contributed by atoms with Gasteiger partial charge in [-0.15, -0.1) is 10.2 Å². The standard InChI is InChI=1S/C16H21N3OS/c1-5-10-19(15(20)11(2)3)16-18-17-14(21-16)13-9-7-6-8-12(13)4/h6-9,11H,5,10H2,1-4H3. The van der Waals surface area contributed by atoms with Crippen LogP contribution in [0.2, 0.25) is 0 Å². The van der Waals surface area contributed by atoms with Crippen molar-refractivity contribution in [3.63, 3.8) is 0 Å². The molecule has 2 aromatic rings. The smallest absolute Gasteiger partial charge is 0.231 e. The maximum absolute atomic E-state index is 12.3. The first-order valence-electron chi connectivity index (χ1n) is 7.25. The number of hydrogen-bond acceptors (Lipinski definition) is 4. The number of hydrogen-bond donors (Lipinski definition) is 0. The van der Waals surface area contributed by atoms with Crippen LogP contribution >= 0.6 is 11.3 Å². The van der Waals surface area contributed by atoms with E-state index in [-0.39, 0.29) is 11.8 Å². The fraction of sp³-hybridized carbons (Fsp3) is 0.438. The number of aromatic nitrogens is 2. The van der Waals surface area contributed by atoms with Gasteiger partial charge in [-0.2, -0.15) is 0 Å². The second-order valence-corrected chi connectivity index (χ2v) is 6.31. The third kappa shape index (κ3) is 3.47. The predicted molar refractivity (Wildman–Crippen MR) is 87.6 cm³/mol. The number of anilines is 1. The molecule has 1 heterocycles. The van der Waals surface area contributed by atoms with Crippen LogP contribution < -0.4 is 4.90 Å². The van der Waals surface area contributed by atoms with Gasteiger partial charge in [0.05, 0.1) is 0 Å². The van der Waals surface area contributed by atoms with E-state index in [1.165, 1.54) is 11.3 Å². The fourth-order valence-corrected chi connectivity index (χ4v) is 3.05. The van der Waals surface area contributed by atoms with Gasteiger partial charge in [-0.25, -0.2) is 0 Å². The SMILES string of the molecule is CCCN(C(=O)C(C)C)c1nnc(-c2ccccc2C)s1. The van der Waals surface area contributed by atoms with E-state index in [1.54, 1.807) is 4.90 Å². The first-order chi connectivity index (χ1) is 10.0. The Morgan fingerprint density at radius 3 is 2.62 bits per heavy atom. The molecule has 0 saturated heterocycles. The van der Waals surface area contributed by atoms with Gasteiger partial charge in [-0.3, -0.25) is 9.69 Å². The summed E-state index contributed by atoms with van der Waals surface area (Å²) >= 11 is 1.48. The zero-order valence-corrected chi connectivity index (χ0v) is 13.8. The summed E-state index contributed by atoms with van der Waals surface area (Å²) < 4.78 is 0. The monoisotopic (exact) mass is 303 g/mol. The number of amides is 1. The largest absolute Gasteiger partial charge is 0.286 e. The first kappa shape index (κ1) is 15.6. The summed E-state index contributed by atoms with van der Waals surface area (Å²) in [7, 11) is 0. The number of carbonyl (C=O) groups excluding carboxylic acids is 1. The van der Waals surface area contributed by atoms with E-state index in [1.807, 2.05) is 32.0 Å².